The smallest absolute Gasteiger partial charge is 0.135 e. The molecule has 3 nitrogen and oxygen atoms in total. The topological polar surface area (TPSA) is 38.7 Å². The second kappa shape index (κ2) is 14.1. The first-order valence-electron chi connectivity index (χ1n) is 12.2. The fourth-order valence-corrected chi connectivity index (χ4v) is 3.56. The van der Waals surface area contributed by atoms with Gasteiger partial charge in [0.25, 0.3) is 0 Å². The Kier molecular flexibility index (Phi) is 9.83. The van der Waals surface area contributed by atoms with E-state index in [2.05, 4.69) is 15.0 Å². The van der Waals surface area contributed by atoms with Gasteiger partial charge in [0.2, 0.25) is 0 Å². The van der Waals surface area contributed by atoms with E-state index >= 15 is 0 Å². The summed E-state index contributed by atoms with van der Waals surface area (Å²) in [5, 5.41) is 0. The summed E-state index contributed by atoms with van der Waals surface area (Å²) in [7, 11) is 0. The van der Waals surface area contributed by atoms with Gasteiger partial charge in [-0.15, -0.1) is 0 Å². The fraction of sp³-hybridized carbons (Fsp3) is 0. The molecule has 3 heterocycles. The third-order valence-corrected chi connectivity index (χ3v) is 5.49. The molecule has 0 fully saturated rings. The maximum absolute atomic E-state index is 13.3. The molecule has 0 aliphatic heterocycles. The highest BCUT2D eigenvalue weighted by atomic mass is 19.1. The SMILES string of the molecule is Fc1ccc(-c2ccccn2)c(F)c1.Fc1ccc(-c2ccccn2)cc1.Fc1ccccc1-c1ccccn1. The van der Waals surface area contributed by atoms with Gasteiger partial charge in [-0.05, 0) is 84.9 Å². The van der Waals surface area contributed by atoms with Crippen molar-refractivity contribution in [3.63, 3.8) is 0 Å². The summed E-state index contributed by atoms with van der Waals surface area (Å²) in [5.41, 5.74) is 3.82. The van der Waals surface area contributed by atoms with E-state index in [1.165, 1.54) is 30.3 Å². The monoisotopic (exact) mass is 537 g/mol. The molecule has 0 amide bonds. The molecule has 0 bridgehead atoms. The molecule has 0 unspecified atom stereocenters. The van der Waals surface area contributed by atoms with Crippen LogP contribution in [0.15, 0.2) is 140 Å². The van der Waals surface area contributed by atoms with Crippen molar-refractivity contribution in [1.82, 2.24) is 15.0 Å². The molecule has 0 saturated carbocycles. The number of hydrogen-bond donors (Lipinski definition) is 0. The van der Waals surface area contributed by atoms with Crippen molar-refractivity contribution >= 4 is 0 Å². The number of benzene rings is 3. The Morgan fingerprint density at radius 1 is 0.375 bits per heavy atom. The molecule has 0 aliphatic carbocycles. The normalized spacial score (nSPS) is 10.0. The van der Waals surface area contributed by atoms with Crippen LogP contribution in [0.1, 0.15) is 0 Å². The summed E-state index contributed by atoms with van der Waals surface area (Å²) in [6.45, 7) is 0. The largest absolute Gasteiger partial charge is 0.256 e. The van der Waals surface area contributed by atoms with E-state index in [0.29, 0.717) is 22.5 Å². The molecule has 0 saturated heterocycles. The Bertz CT molecular complexity index is 1610. The van der Waals surface area contributed by atoms with Gasteiger partial charge in [0.15, 0.2) is 0 Å². The third-order valence-electron chi connectivity index (χ3n) is 5.49. The molecule has 0 spiro atoms. The molecule has 7 heteroatoms. The van der Waals surface area contributed by atoms with Crippen molar-refractivity contribution in [3.8, 4) is 33.8 Å². The van der Waals surface area contributed by atoms with Crippen LogP contribution in [0.25, 0.3) is 33.8 Å². The van der Waals surface area contributed by atoms with E-state index in [1.54, 1.807) is 73.2 Å². The molecular weight excluding hydrogens is 514 g/mol. The van der Waals surface area contributed by atoms with Crippen LogP contribution in [-0.2, 0) is 0 Å². The fourth-order valence-electron chi connectivity index (χ4n) is 3.56. The predicted molar refractivity (Wildman–Crippen MR) is 149 cm³/mol. The molecule has 0 radical (unpaired) electrons. The van der Waals surface area contributed by atoms with Gasteiger partial charge in [-0.1, -0.05) is 30.3 Å². The number of pyridine rings is 3. The number of aromatic nitrogens is 3. The second-order valence-electron chi connectivity index (χ2n) is 8.26. The summed E-state index contributed by atoms with van der Waals surface area (Å²) in [4.78, 5) is 12.2. The van der Waals surface area contributed by atoms with Gasteiger partial charge in [-0.3, -0.25) is 15.0 Å². The third kappa shape index (κ3) is 7.91. The lowest BCUT2D eigenvalue weighted by molar-refractivity contribution is 0.585. The molecule has 0 aliphatic rings. The number of halogens is 4. The van der Waals surface area contributed by atoms with Crippen LogP contribution >= 0.6 is 0 Å². The van der Waals surface area contributed by atoms with Crippen molar-refractivity contribution in [2.45, 2.75) is 0 Å². The molecule has 198 valence electrons. The number of nitrogens with zero attached hydrogens (tertiary/aromatic N) is 3. The van der Waals surface area contributed by atoms with E-state index in [9.17, 15) is 17.6 Å². The summed E-state index contributed by atoms with van der Waals surface area (Å²) in [6, 6.07) is 32.7. The molecular formula is C33H23F4N3. The Balaban J connectivity index is 0.000000139. The minimum Gasteiger partial charge on any atom is -0.256 e. The van der Waals surface area contributed by atoms with Gasteiger partial charge in [0.05, 0.1) is 17.1 Å². The highest BCUT2D eigenvalue weighted by molar-refractivity contribution is 5.60. The maximum Gasteiger partial charge on any atom is 0.135 e. The molecule has 0 N–H and O–H groups in total. The minimum atomic E-state index is -0.594. The van der Waals surface area contributed by atoms with E-state index in [0.717, 1.165) is 17.3 Å². The first-order valence-corrected chi connectivity index (χ1v) is 12.2. The average Bonchev–Trinajstić information content (AvgIpc) is 3.00. The first-order chi connectivity index (χ1) is 19.5. The Morgan fingerprint density at radius 3 is 1.35 bits per heavy atom. The van der Waals surface area contributed by atoms with Crippen LogP contribution < -0.4 is 0 Å². The highest BCUT2D eigenvalue weighted by Crippen LogP contribution is 2.21. The van der Waals surface area contributed by atoms with Gasteiger partial charge >= 0.3 is 0 Å². The van der Waals surface area contributed by atoms with Gasteiger partial charge in [0.1, 0.15) is 23.3 Å². The molecule has 6 aromatic rings. The average molecular weight is 538 g/mol. The summed E-state index contributed by atoms with van der Waals surface area (Å²) in [6.07, 6.45) is 4.94. The van der Waals surface area contributed by atoms with E-state index in [1.807, 2.05) is 30.3 Å². The van der Waals surface area contributed by atoms with Gasteiger partial charge < -0.3 is 0 Å². The zero-order valence-corrected chi connectivity index (χ0v) is 21.1. The van der Waals surface area contributed by atoms with Gasteiger partial charge in [-0.2, -0.15) is 0 Å². The van der Waals surface area contributed by atoms with Crippen LogP contribution in [0, 0.1) is 23.3 Å². The number of rotatable bonds is 3. The second-order valence-corrected chi connectivity index (χ2v) is 8.26. The molecule has 40 heavy (non-hydrogen) atoms. The summed E-state index contributed by atoms with van der Waals surface area (Å²) < 4.78 is 51.7. The predicted octanol–water partition coefficient (Wildman–Crippen LogP) is 8.80. The van der Waals surface area contributed by atoms with Crippen molar-refractivity contribution in [2.75, 3.05) is 0 Å². The van der Waals surface area contributed by atoms with Crippen molar-refractivity contribution < 1.29 is 17.6 Å². The van der Waals surface area contributed by atoms with Gasteiger partial charge in [-0.25, -0.2) is 17.6 Å². The van der Waals surface area contributed by atoms with Crippen molar-refractivity contribution in [1.29, 1.82) is 0 Å². The summed E-state index contributed by atoms with van der Waals surface area (Å²) in [5.74, 6) is -1.63. The van der Waals surface area contributed by atoms with Crippen molar-refractivity contribution in [2.24, 2.45) is 0 Å². The molecule has 0 atom stereocenters. The lowest BCUT2D eigenvalue weighted by Crippen LogP contribution is -1.88. The lowest BCUT2D eigenvalue weighted by Gasteiger charge is -2.01. The van der Waals surface area contributed by atoms with Crippen LogP contribution in [0.4, 0.5) is 17.6 Å². The molecule has 6 rings (SSSR count). The summed E-state index contributed by atoms with van der Waals surface area (Å²) >= 11 is 0. The highest BCUT2D eigenvalue weighted by Gasteiger charge is 2.06. The maximum atomic E-state index is 13.3. The Hall–Kier alpha value is -5.17. The van der Waals surface area contributed by atoms with Crippen LogP contribution in [0.5, 0.6) is 0 Å². The zero-order chi connectivity index (χ0) is 28.2. The van der Waals surface area contributed by atoms with Gasteiger partial charge in [0, 0.05) is 41.3 Å². The lowest BCUT2D eigenvalue weighted by atomic mass is 10.1. The first kappa shape index (κ1) is 27.9. The zero-order valence-electron chi connectivity index (χ0n) is 21.1. The van der Waals surface area contributed by atoms with Crippen LogP contribution in [0.3, 0.4) is 0 Å². The quantitative estimate of drug-likeness (QED) is 0.212. The Morgan fingerprint density at radius 2 is 0.850 bits per heavy atom. The minimum absolute atomic E-state index is 0.223. The molecule has 3 aromatic heterocycles. The van der Waals surface area contributed by atoms with E-state index < -0.39 is 11.6 Å². The molecule has 3 aromatic carbocycles. The van der Waals surface area contributed by atoms with Crippen LogP contribution in [0.2, 0.25) is 0 Å². The van der Waals surface area contributed by atoms with E-state index in [4.69, 9.17) is 0 Å². The van der Waals surface area contributed by atoms with Crippen LogP contribution in [-0.4, -0.2) is 15.0 Å². The Labute approximate surface area is 229 Å². The van der Waals surface area contributed by atoms with Crippen molar-refractivity contribution in [3.05, 3.63) is 163 Å². The number of hydrogen-bond acceptors (Lipinski definition) is 3. The standard InChI is InChI=1S/C11H7F2N.2C11H8FN/c12-8-4-5-9(10(13)7-8)11-3-1-2-6-14-11;12-10-6-2-1-5-9(10)11-7-3-4-8-13-11;12-10-6-4-9(5-7-10)11-3-1-2-8-13-11/h1-7H;2*1-8H. The van der Waals surface area contributed by atoms with E-state index in [-0.39, 0.29) is 11.6 Å².